The van der Waals surface area contributed by atoms with Gasteiger partial charge in [-0.2, -0.15) is 0 Å². The quantitative estimate of drug-likeness (QED) is 0.641. The smallest absolute Gasteiger partial charge is 0.311 e. The number of rotatable bonds is 6. The molecule has 1 aromatic carbocycles. The van der Waals surface area contributed by atoms with Crippen LogP contribution in [-0.2, 0) is 6.54 Å². The number of likely N-dealkylation sites (tertiary alicyclic amines) is 1. The van der Waals surface area contributed by atoms with Crippen LogP contribution in [0.4, 0.5) is 5.69 Å². The van der Waals surface area contributed by atoms with Gasteiger partial charge in [0.15, 0.2) is 5.75 Å². The molecular formula is C15H21N3O3. The van der Waals surface area contributed by atoms with E-state index in [0.717, 1.165) is 24.6 Å². The molecule has 0 radical (unpaired) electrons. The standard InChI is InChI=1S/C15H21N3O3/c1-21-15-5-2-11(8-14(15)18(19)20)9-16-12-6-7-17(10-12)13-3-4-13/h2,5,8,12-13,16H,3-4,6-7,9-10H2,1H3. The van der Waals surface area contributed by atoms with Gasteiger partial charge >= 0.3 is 5.69 Å². The summed E-state index contributed by atoms with van der Waals surface area (Å²) in [6.07, 6.45) is 3.85. The topological polar surface area (TPSA) is 67.6 Å². The molecule has 1 atom stereocenters. The molecular weight excluding hydrogens is 270 g/mol. The van der Waals surface area contributed by atoms with Crippen molar-refractivity contribution in [3.63, 3.8) is 0 Å². The van der Waals surface area contributed by atoms with Crippen molar-refractivity contribution in [1.29, 1.82) is 0 Å². The summed E-state index contributed by atoms with van der Waals surface area (Å²) in [7, 11) is 1.45. The highest BCUT2D eigenvalue weighted by atomic mass is 16.6. The molecule has 0 spiro atoms. The average Bonchev–Trinajstić information content (AvgIpc) is 3.24. The molecule has 1 saturated carbocycles. The molecule has 2 fully saturated rings. The summed E-state index contributed by atoms with van der Waals surface area (Å²) in [6, 6.07) is 6.46. The zero-order valence-corrected chi connectivity index (χ0v) is 12.2. The first-order valence-corrected chi connectivity index (χ1v) is 7.46. The molecule has 2 aliphatic rings. The third kappa shape index (κ3) is 3.33. The predicted molar refractivity (Wildman–Crippen MR) is 79.5 cm³/mol. The number of nitro benzene ring substituents is 1. The van der Waals surface area contributed by atoms with E-state index in [1.165, 1.54) is 26.5 Å². The van der Waals surface area contributed by atoms with E-state index in [2.05, 4.69) is 10.2 Å². The molecule has 6 heteroatoms. The summed E-state index contributed by atoms with van der Waals surface area (Å²) in [5.41, 5.74) is 0.954. The van der Waals surface area contributed by atoms with E-state index in [9.17, 15) is 10.1 Å². The fourth-order valence-corrected chi connectivity index (χ4v) is 2.98. The van der Waals surface area contributed by atoms with E-state index in [4.69, 9.17) is 4.74 Å². The fraction of sp³-hybridized carbons (Fsp3) is 0.600. The number of hydrogen-bond donors (Lipinski definition) is 1. The van der Waals surface area contributed by atoms with E-state index < -0.39 is 4.92 Å². The Hall–Kier alpha value is -1.66. The third-order valence-electron chi connectivity index (χ3n) is 4.32. The van der Waals surface area contributed by atoms with Crippen LogP contribution in [0.3, 0.4) is 0 Å². The SMILES string of the molecule is COc1ccc(CNC2CCN(C3CC3)C2)cc1[N+](=O)[O-]. The molecule has 1 aliphatic carbocycles. The van der Waals surface area contributed by atoms with Gasteiger partial charge in [0.1, 0.15) is 0 Å². The van der Waals surface area contributed by atoms with Crippen molar-refractivity contribution in [2.24, 2.45) is 0 Å². The lowest BCUT2D eigenvalue weighted by Crippen LogP contribution is -2.32. The van der Waals surface area contributed by atoms with E-state index in [1.807, 2.05) is 6.07 Å². The maximum Gasteiger partial charge on any atom is 0.311 e. The van der Waals surface area contributed by atoms with Crippen molar-refractivity contribution >= 4 is 5.69 Å². The van der Waals surface area contributed by atoms with E-state index in [-0.39, 0.29) is 5.69 Å². The van der Waals surface area contributed by atoms with Crippen LogP contribution in [0.1, 0.15) is 24.8 Å². The van der Waals surface area contributed by atoms with Crippen LogP contribution in [-0.4, -0.2) is 42.1 Å². The first kappa shape index (κ1) is 14.3. The number of benzene rings is 1. The Morgan fingerprint density at radius 1 is 1.43 bits per heavy atom. The van der Waals surface area contributed by atoms with Gasteiger partial charge in [0, 0.05) is 37.8 Å². The largest absolute Gasteiger partial charge is 0.490 e. The van der Waals surface area contributed by atoms with Crippen LogP contribution in [0.5, 0.6) is 5.75 Å². The molecule has 3 rings (SSSR count). The normalized spacial score (nSPS) is 22.4. The second-order valence-corrected chi connectivity index (χ2v) is 5.86. The fourth-order valence-electron chi connectivity index (χ4n) is 2.98. The van der Waals surface area contributed by atoms with Gasteiger partial charge < -0.3 is 10.1 Å². The summed E-state index contributed by atoms with van der Waals surface area (Å²) in [6.45, 7) is 2.93. The van der Waals surface area contributed by atoms with Gasteiger partial charge in [-0.05, 0) is 30.9 Å². The Kier molecular flexibility index (Phi) is 4.07. The number of nitrogens with zero attached hydrogens (tertiary/aromatic N) is 2. The monoisotopic (exact) mass is 291 g/mol. The van der Waals surface area contributed by atoms with Crippen LogP contribution >= 0.6 is 0 Å². The van der Waals surface area contributed by atoms with Gasteiger partial charge in [0.05, 0.1) is 12.0 Å². The van der Waals surface area contributed by atoms with Crippen molar-refractivity contribution < 1.29 is 9.66 Å². The molecule has 21 heavy (non-hydrogen) atoms. The number of nitrogens with one attached hydrogen (secondary N) is 1. The Morgan fingerprint density at radius 2 is 2.24 bits per heavy atom. The highest BCUT2D eigenvalue weighted by molar-refractivity contribution is 5.48. The molecule has 6 nitrogen and oxygen atoms in total. The second-order valence-electron chi connectivity index (χ2n) is 5.86. The van der Waals surface area contributed by atoms with Crippen molar-refractivity contribution in [2.45, 2.75) is 37.9 Å². The minimum atomic E-state index is -0.396. The van der Waals surface area contributed by atoms with Gasteiger partial charge in [0.2, 0.25) is 0 Å². The maximum atomic E-state index is 11.0. The zero-order chi connectivity index (χ0) is 14.8. The minimum absolute atomic E-state index is 0.0304. The second kappa shape index (κ2) is 5.99. The molecule has 1 unspecified atom stereocenters. The first-order chi connectivity index (χ1) is 10.2. The summed E-state index contributed by atoms with van der Waals surface area (Å²) in [4.78, 5) is 13.2. The average molecular weight is 291 g/mol. The Morgan fingerprint density at radius 3 is 2.90 bits per heavy atom. The highest BCUT2D eigenvalue weighted by Gasteiger charge is 2.34. The van der Waals surface area contributed by atoms with E-state index in [0.29, 0.717) is 18.3 Å². The van der Waals surface area contributed by atoms with Crippen molar-refractivity contribution in [3.05, 3.63) is 33.9 Å². The number of nitro groups is 1. The van der Waals surface area contributed by atoms with Gasteiger partial charge in [-0.15, -0.1) is 0 Å². The summed E-state index contributed by atoms with van der Waals surface area (Å²) >= 11 is 0. The highest BCUT2D eigenvalue weighted by Crippen LogP contribution is 2.30. The Bertz CT molecular complexity index is 531. The van der Waals surface area contributed by atoms with Crippen molar-refractivity contribution in [2.75, 3.05) is 20.2 Å². The number of ether oxygens (including phenoxy) is 1. The lowest BCUT2D eigenvalue weighted by Gasteiger charge is -2.16. The summed E-state index contributed by atoms with van der Waals surface area (Å²) in [5.74, 6) is 0.310. The molecule has 0 aromatic heterocycles. The molecule has 114 valence electrons. The van der Waals surface area contributed by atoms with Gasteiger partial charge in [-0.3, -0.25) is 15.0 Å². The number of methoxy groups -OCH3 is 1. The molecule has 1 saturated heterocycles. The number of hydrogen-bond acceptors (Lipinski definition) is 5. The van der Waals surface area contributed by atoms with Crippen LogP contribution in [0.25, 0.3) is 0 Å². The molecule has 1 heterocycles. The summed E-state index contributed by atoms with van der Waals surface area (Å²) < 4.78 is 5.02. The molecule has 1 aliphatic heterocycles. The molecule has 0 bridgehead atoms. The van der Waals surface area contributed by atoms with Crippen molar-refractivity contribution in [1.82, 2.24) is 10.2 Å². The van der Waals surface area contributed by atoms with Crippen LogP contribution in [0, 0.1) is 10.1 Å². The zero-order valence-electron chi connectivity index (χ0n) is 12.2. The third-order valence-corrected chi connectivity index (χ3v) is 4.32. The van der Waals surface area contributed by atoms with Gasteiger partial charge in [0.25, 0.3) is 0 Å². The van der Waals surface area contributed by atoms with Crippen molar-refractivity contribution in [3.8, 4) is 5.75 Å². The minimum Gasteiger partial charge on any atom is -0.490 e. The molecule has 1 N–H and O–H groups in total. The lowest BCUT2D eigenvalue weighted by molar-refractivity contribution is -0.385. The lowest BCUT2D eigenvalue weighted by atomic mass is 10.1. The van der Waals surface area contributed by atoms with Crippen LogP contribution in [0.2, 0.25) is 0 Å². The summed E-state index contributed by atoms with van der Waals surface area (Å²) in [5, 5.41) is 14.5. The van der Waals surface area contributed by atoms with Gasteiger partial charge in [-0.1, -0.05) is 6.07 Å². The van der Waals surface area contributed by atoms with Crippen LogP contribution < -0.4 is 10.1 Å². The predicted octanol–water partition coefficient (Wildman–Crippen LogP) is 1.93. The Labute approximate surface area is 124 Å². The maximum absolute atomic E-state index is 11.0. The first-order valence-electron chi connectivity index (χ1n) is 7.46. The van der Waals surface area contributed by atoms with Gasteiger partial charge in [-0.25, -0.2) is 0 Å². The van der Waals surface area contributed by atoms with E-state index in [1.54, 1.807) is 12.1 Å². The molecule has 0 amide bonds. The molecule has 1 aromatic rings. The van der Waals surface area contributed by atoms with E-state index >= 15 is 0 Å². The van der Waals surface area contributed by atoms with Crippen LogP contribution in [0.15, 0.2) is 18.2 Å². The Balaban J connectivity index is 1.57.